The average Bonchev–Trinajstić information content (AvgIpc) is 2.42. The summed E-state index contributed by atoms with van der Waals surface area (Å²) in [5, 5.41) is 0. The molecule has 0 saturated heterocycles. The summed E-state index contributed by atoms with van der Waals surface area (Å²) in [7, 11) is -3.49. The van der Waals surface area contributed by atoms with E-state index in [1.165, 1.54) is 0 Å². The lowest BCUT2D eigenvalue weighted by Gasteiger charge is -2.16. The lowest BCUT2D eigenvalue weighted by molar-refractivity contribution is 0.414. The van der Waals surface area contributed by atoms with Gasteiger partial charge in [0.2, 0.25) is 10.0 Å². The van der Waals surface area contributed by atoms with E-state index < -0.39 is 10.0 Å². The average molecular weight is 294 g/mol. The highest BCUT2D eigenvalue weighted by Gasteiger charge is 2.16. The first-order valence-electron chi connectivity index (χ1n) is 6.65. The summed E-state index contributed by atoms with van der Waals surface area (Å²) in [6.07, 6.45) is 0. The Hall–Kier alpha value is -1.35. The first-order valence-corrected chi connectivity index (χ1v) is 8.14. The van der Waals surface area contributed by atoms with Crippen LogP contribution in [0.5, 0.6) is 0 Å². The van der Waals surface area contributed by atoms with Gasteiger partial charge >= 0.3 is 0 Å². The monoisotopic (exact) mass is 294 g/mol. The molecule has 0 spiro atoms. The summed E-state index contributed by atoms with van der Waals surface area (Å²) in [5.41, 5.74) is 5.95. The molecule has 0 aromatic heterocycles. The van der Waals surface area contributed by atoms with E-state index in [1.807, 2.05) is 6.92 Å². The molecule has 0 radical (unpaired) electrons. The van der Waals surface area contributed by atoms with Crippen LogP contribution in [0.2, 0.25) is 0 Å². The van der Waals surface area contributed by atoms with Crippen LogP contribution in [-0.2, 0) is 10.0 Å². The molecular formula is C15H22N2O2S. The van der Waals surface area contributed by atoms with E-state index in [0.29, 0.717) is 18.0 Å². The molecular weight excluding hydrogens is 272 g/mol. The second-order valence-electron chi connectivity index (χ2n) is 5.11. The van der Waals surface area contributed by atoms with E-state index in [0.717, 1.165) is 0 Å². The lowest BCUT2D eigenvalue weighted by Crippen LogP contribution is -2.30. The normalized spacial score (nSPS) is 12.8. The van der Waals surface area contributed by atoms with Crippen molar-refractivity contribution in [1.82, 2.24) is 4.72 Å². The summed E-state index contributed by atoms with van der Waals surface area (Å²) in [4.78, 5) is 0.234. The molecule has 0 aliphatic heterocycles. The molecule has 0 bridgehead atoms. The van der Waals surface area contributed by atoms with Crippen molar-refractivity contribution < 1.29 is 8.42 Å². The molecule has 1 aromatic rings. The van der Waals surface area contributed by atoms with E-state index in [9.17, 15) is 8.42 Å². The Morgan fingerprint density at radius 3 is 2.60 bits per heavy atom. The first kappa shape index (κ1) is 16.7. The van der Waals surface area contributed by atoms with Crippen molar-refractivity contribution in [2.75, 3.05) is 13.1 Å². The molecule has 1 unspecified atom stereocenters. The van der Waals surface area contributed by atoms with E-state index in [4.69, 9.17) is 5.73 Å². The van der Waals surface area contributed by atoms with Gasteiger partial charge in [0.1, 0.15) is 0 Å². The molecule has 0 amide bonds. The Bertz CT molecular complexity index is 598. The maximum Gasteiger partial charge on any atom is 0.240 e. The van der Waals surface area contributed by atoms with Crippen molar-refractivity contribution in [2.45, 2.75) is 25.7 Å². The van der Waals surface area contributed by atoms with Crippen molar-refractivity contribution in [3.63, 3.8) is 0 Å². The summed E-state index contributed by atoms with van der Waals surface area (Å²) in [6.45, 7) is 6.85. The third-order valence-electron chi connectivity index (χ3n) is 3.21. The number of benzene rings is 1. The number of hydrogen-bond donors (Lipinski definition) is 2. The standard InChI is InChI=1S/C15H22N2O2S/c1-12(2)13(3)11-17-20(18,19)15-8-4-6-14(10-15)7-5-9-16/h4,6,8,10,12-13,17H,9,11,16H2,1-3H3. The quantitative estimate of drug-likeness (QED) is 0.810. The molecule has 0 heterocycles. The Balaban J connectivity index is 2.87. The maximum absolute atomic E-state index is 12.2. The number of sulfonamides is 1. The minimum Gasteiger partial charge on any atom is -0.320 e. The third kappa shape index (κ3) is 4.97. The van der Waals surface area contributed by atoms with Crippen LogP contribution in [0.1, 0.15) is 26.3 Å². The molecule has 1 rings (SSSR count). The van der Waals surface area contributed by atoms with Gasteiger partial charge in [-0.25, -0.2) is 13.1 Å². The van der Waals surface area contributed by atoms with Crippen LogP contribution in [0.4, 0.5) is 0 Å². The summed E-state index contributed by atoms with van der Waals surface area (Å²) >= 11 is 0. The van der Waals surface area contributed by atoms with Crippen molar-refractivity contribution in [3.05, 3.63) is 29.8 Å². The van der Waals surface area contributed by atoms with Crippen LogP contribution in [0.15, 0.2) is 29.2 Å². The zero-order valence-electron chi connectivity index (χ0n) is 12.2. The second-order valence-corrected chi connectivity index (χ2v) is 6.87. The Morgan fingerprint density at radius 1 is 1.30 bits per heavy atom. The fourth-order valence-corrected chi connectivity index (χ4v) is 2.64. The van der Waals surface area contributed by atoms with Crippen LogP contribution in [0.3, 0.4) is 0 Å². The van der Waals surface area contributed by atoms with Gasteiger partial charge in [0.05, 0.1) is 11.4 Å². The Kier molecular flexibility index (Phi) is 6.21. The van der Waals surface area contributed by atoms with Crippen molar-refractivity contribution in [1.29, 1.82) is 0 Å². The van der Waals surface area contributed by atoms with Crippen LogP contribution in [0, 0.1) is 23.7 Å². The van der Waals surface area contributed by atoms with E-state index in [1.54, 1.807) is 24.3 Å². The smallest absolute Gasteiger partial charge is 0.240 e. The molecule has 0 aliphatic carbocycles. The van der Waals surface area contributed by atoms with Crippen LogP contribution in [-0.4, -0.2) is 21.5 Å². The minimum atomic E-state index is -3.49. The van der Waals surface area contributed by atoms with Crippen LogP contribution < -0.4 is 10.5 Å². The Morgan fingerprint density at radius 2 is 2.00 bits per heavy atom. The predicted octanol–water partition coefficient (Wildman–Crippen LogP) is 1.57. The van der Waals surface area contributed by atoms with E-state index >= 15 is 0 Å². The molecule has 5 heteroatoms. The molecule has 110 valence electrons. The van der Waals surface area contributed by atoms with E-state index in [2.05, 4.69) is 30.4 Å². The molecule has 0 fully saturated rings. The van der Waals surface area contributed by atoms with E-state index in [-0.39, 0.29) is 17.4 Å². The predicted molar refractivity (Wildman–Crippen MR) is 81.6 cm³/mol. The number of nitrogens with two attached hydrogens (primary N) is 1. The molecule has 0 aliphatic rings. The topological polar surface area (TPSA) is 72.2 Å². The van der Waals surface area contributed by atoms with Gasteiger partial charge < -0.3 is 5.73 Å². The largest absolute Gasteiger partial charge is 0.320 e. The van der Waals surface area contributed by atoms with Gasteiger partial charge in [-0.3, -0.25) is 0 Å². The van der Waals surface area contributed by atoms with Crippen molar-refractivity contribution in [3.8, 4) is 11.8 Å². The Labute approximate surface area is 121 Å². The van der Waals surface area contributed by atoms with Crippen LogP contribution >= 0.6 is 0 Å². The zero-order valence-corrected chi connectivity index (χ0v) is 13.0. The van der Waals surface area contributed by atoms with Crippen molar-refractivity contribution >= 4 is 10.0 Å². The highest BCUT2D eigenvalue weighted by molar-refractivity contribution is 7.89. The minimum absolute atomic E-state index is 0.234. The van der Waals surface area contributed by atoms with Gasteiger partial charge in [-0.15, -0.1) is 0 Å². The fraction of sp³-hybridized carbons (Fsp3) is 0.467. The van der Waals surface area contributed by atoms with Gasteiger partial charge in [-0.2, -0.15) is 0 Å². The highest BCUT2D eigenvalue weighted by Crippen LogP contribution is 2.13. The van der Waals surface area contributed by atoms with Gasteiger partial charge in [-0.1, -0.05) is 38.7 Å². The van der Waals surface area contributed by atoms with Gasteiger partial charge in [0.15, 0.2) is 0 Å². The first-order chi connectivity index (χ1) is 9.36. The number of hydrogen-bond acceptors (Lipinski definition) is 3. The van der Waals surface area contributed by atoms with Crippen LogP contribution in [0.25, 0.3) is 0 Å². The highest BCUT2D eigenvalue weighted by atomic mass is 32.2. The molecule has 4 nitrogen and oxygen atoms in total. The maximum atomic E-state index is 12.2. The molecule has 0 saturated carbocycles. The molecule has 1 aromatic carbocycles. The lowest BCUT2D eigenvalue weighted by atomic mass is 9.99. The molecule has 1 atom stereocenters. The SMILES string of the molecule is CC(C)C(C)CNS(=O)(=O)c1cccc(C#CCN)c1. The van der Waals surface area contributed by atoms with Gasteiger partial charge in [0.25, 0.3) is 0 Å². The summed E-state index contributed by atoms with van der Waals surface area (Å²) < 4.78 is 27.0. The number of nitrogens with one attached hydrogen (secondary N) is 1. The van der Waals surface area contributed by atoms with Crippen molar-refractivity contribution in [2.24, 2.45) is 17.6 Å². The zero-order chi connectivity index (χ0) is 15.2. The second kappa shape index (κ2) is 7.44. The van der Waals surface area contributed by atoms with Gasteiger partial charge in [-0.05, 0) is 30.0 Å². The summed E-state index contributed by atoms with van der Waals surface area (Å²) in [6, 6.07) is 6.57. The fourth-order valence-electron chi connectivity index (χ4n) is 1.45. The molecule has 3 N–H and O–H groups in total. The third-order valence-corrected chi connectivity index (χ3v) is 4.63. The van der Waals surface area contributed by atoms with Gasteiger partial charge in [0, 0.05) is 12.1 Å². The molecule has 20 heavy (non-hydrogen) atoms. The summed E-state index contributed by atoms with van der Waals surface area (Å²) in [5.74, 6) is 6.26. The number of rotatable bonds is 5.